The third-order valence-corrected chi connectivity index (χ3v) is 2.90. The second kappa shape index (κ2) is 4.97. The van der Waals surface area contributed by atoms with Gasteiger partial charge in [0.15, 0.2) is 0 Å². The van der Waals surface area contributed by atoms with Gasteiger partial charge in [-0.3, -0.25) is 0 Å². The van der Waals surface area contributed by atoms with Crippen LogP contribution >= 0.6 is 11.6 Å². The lowest BCUT2D eigenvalue weighted by atomic mass is 9.98. The molecule has 0 N–H and O–H groups in total. The van der Waals surface area contributed by atoms with Crippen LogP contribution in [0.25, 0.3) is 0 Å². The summed E-state index contributed by atoms with van der Waals surface area (Å²) >= 11 is 5.79. The summed E-state index contributed by atoms with van der Waals surface area (Å²) in [6.45, 7) is 1.47. The Labute approximate surface area is 97.6 Å². The first-order valence-corrected chi connectivity index (χ1v) is 5.52. The Morgan fingerprint density at radius 1 is 1.38 bits per heavy atom. The van der Waals surface area contributed by atoms with Gasteiger partial charge in [-0.2, -0.15) is 0 Å². The minimum Gasteiger partial charge on any atom is -0.381 e. The molecule has 1 aliphatic rings. The van der Waals surface area contributed by atoms with Crippen molar-refractivity contribution in [2.24, 2.45) is 5.92 Å². The fraction of sp³-hybridized carbons (Fsp3) is 0.455. The summed E-state index contributed by atoms with van der Waals surface area (Å²) < 4.78 is 30.0. The molecule has 2 nitrogen and oxygen atoms in total. The average Bonchev–Trinajstić information content (AvgIpc) is 2.69. The molecule has 1 aromatic carbocycles. The van der Waals surface area contributed by atoms with Crippen LogP contribution in [0.3, 0.4) is 0 Å². The van der Waals surface area contributed by atoms with E-state index in [1.807, 2.05) is 0 Å². The van der Waals surface area contributed by atoms with Crippen molar-refractivity contribution < 1.29 is 13.7 Å². The van der Waals surface area contributed by atoms with Crippen molar-refractivity contribution in [3.63, 3.8) is 0 Å². The summed E-state index contributed by atoms with van der Waals surface area (Å²) in [5, 5.41) is -0.577. The molecule has 88 valence electrons. The molecule has 0 bridgehead atoms. The zero-order valence-electron chi connectivity index (χ0n) is 8.63. The van der Waals surface area contributed by atoms with E-state index >= 15 is 0 Å². The van der Waals surface area contributed by atoms with Crippen molar-refractivity contribution >= 4 is 17.3 Å². The molecule has 0 saturated carbocycles. The van der Waals surface area contributed by atoms with E-state index in [-0.39, 0.29) is 5.69 Å². The Kier molecular flexibility index (Phi) is 3.61. The van der Waals surface area contributed by atoms with Gasteiger partial charge in [-0.25, -0.2) is 0 Å². The van der Waals surface area contributed by atoms with Crippen LogP contribution in [-0.4, -0.2) is 13.2 Å². The maximum Gasteiger partial charge on any atom is 0.107 e. The van der Waals surface area contributed by atoms with Crippen molar-refractivity contribution in [2.75, 3.05) is 18.6 Å². The van der Waals surface area contributed by atoms with E-state index in [1.54, 1.807) is 6.07 Å². The zero-order chi connectivity index (χ0) is 11.5. The maximum atomic E-state index is 12.4. The lowest BCUT2D eigenvalue weighted by Gasteiger charge is -2.10. The van der Waals surface area contributed by atoms with Gasteiger partial charge in [-0.1, -0.05) is 20.6 Å². The molecule has 2 rings (SSSR count). The molecule has 1 heterocycles. The monoisotopic (exact) mass is 247 g/mol. The van der Waals surface area contributed by atoms with E-state index in [1.165, 1.54) is 12.1 Å². The molecule has 1 atom stereocenters. The summed E-state index contributed by atoms with van der Waals surface area (Å²) in [5.74, 6) is 0.416. The predicted molar refractivity (Wildman–Crippen MR) is 58.8 cm³/mol. The summed E-state index contributed by atoms with van der Waals surface area (Å²) in [4.78, 5) is 0. The van der Waals surface area contributed by atoms with Gasteiger partial charge in [0.1, 0.15) is 5.69 Å². The fourth-order valence-corrected chi connectivity index (χ4v) is 2.18. The van der Waals surface area contributed by atoms with Gasteiger partial charge >= 0.3 is 0 Å². The third-order valence-electron chi connectivity index (χ3n) is 2.69. The quantitative estimate of drug-likeness (QED) is 0.758. The van der Waals surface area contributed by atoms with E-state index in [4.69, 9.17) is 16.3 Å². The van der Waals surface area contributed by atoms with E-state index in [9.17, 15) is 8.96 Å². The summed E-state index contributed by atoms with van der Waals surface area (Å²) in [6, 6.07) is 4.44. The van der Waals surface area contributed by atoms with E-state index in [0.717, 1.165) is 25.0 Å². The van der Waals surface area contributed by atoms with Gasteiger partial charge in [0.05, 0.1) is 0 Å². The van der Waals surface area contributed by atoms with E-state index in [0.29, 0.717) is 17.5 Å². The van der Waals surface area contributed by atoms with Crippen molar-refractivity contribution in [2.45, 2.75) is 12.8 Å². The Hall–Kier alpha value is -0.870. The Morgan fingerprint density at radius 2 is 2.19 bits per heavy atom. The summed E-state index contributed by atoms with van der Waals surface area (Å²) in [6.07, 6.45) is 1.72. The Morgan fingerprint density at radius 3 is 2.81 bits per heavy atom. The highest BCUT2D eigenvalue weighted by Crippen LogP contribution is 2.26. The highest BCUT2D eigenvalue weighted by Gasteiger charge is 2.17. The predicted octanol–water partition coefficient (Wildman–Crippen LogP) is 3.49. The molecule has 1 aliphatic heterocycles. The van der Waals surface area contributed by atoms with Gasteiger partial charge in [-0.05, 0) is 47.9 Å². The van der Waals surface area contributed by atoms with E-state index < -0.39 is 5.34 Å². The highest BCUT2D eigenvalue weighted by atomic mass is 35.5. The minimum atomic E-state index is -0.916. The molecule has 0 amide bonds. The van der Waals surface area contributed by atoms with Crippen LogP contribution in [0.5, 0.6) is 0 Å². The van der Waals surface area contributed by atoms with Gasteiger partial charge in [0.25, 0.3) is 0 Å². The van der Waals surface area contributed by atoms with Crippen molar-refractivity contribution in [3.8, 4) is 0 Å². The molecular formula is C11H12ClF2NO. The molecule has 5 heteroatoms. The number of halogens is 3. The van der Waals surface area contributed by atoms with Crippen LogP contribution in [0, 0.1) is 5.92 Å². The number of anilines is 1. The van der Waals surface area contributed by atoms with Crippen LogP contribution in [0.1, 0.15) is 12.0 Å². The van der Waals surface area contributed by atoms with E-state index in [2.05, 4.69) is 0 Å². The highest BCUT2D eigenvalue weighted by molar-refractivity contribution is 6.30. The Balaban J connectivity index is 2.13. The second-order valence-corrected chi connectivity index (χ2v) is 4.42. The molecule has 0 aromatic heterocycles. The largest absolute Gasteiger partial charge is 0.381 e. The molecule has 1 unspecified atom stereocenters. The first-order valence-electron chi connectivity index (χ1n) is 5.14. The topological polar surface area (TPSA) is 12.5 Å². The molecule has 0 spiro atoms. The van der Waals surface area contributed by atoms with Crippen LogP contribution in [0.15, 0.2) is 18.2 Å². The molecule has 1 fully saturated rings. The number of nitrogens with zero attached hydrogens (tertiary/aromatic N) is 1. The Bertz CT molecular complexity index is 367. The van der Waals surface area contributed by atoms with Crippen molar-refractivity contribution in [1.82, 2.24) is 0 Å². The lowest BCUT2D eigenvalue weighted by Crippen LogP contribution is -2.04. The molecule has 1 saturated heterocycles. The number of ether oxygens (including phenoxy) is 1. The molecule has 0 radical (unpaired) electrons. The third kappa shape index (κ3) is 2.83. The molecule has 1 aromatic rings. The van der Waals surface area contributed by atoms with Gasteiger partial charge in [0.2, 0.25) is 0 Å². The number of rotatable bonds is 3. The first-order chi connectivity index (χ1) is 7.65. The average molecular weight is 248 g/mol. The normalized spacial score (nSPS) is 20.1. The SMILES string of the molecule is FN(F)c1cc(Cl)cc(CC2CCOC2)c1. The van der Waals surface area contributed by atoms with Crippen LogP contribution in [-0.2, 0) is 11.2 Å². The summed E-state index contributed by atoms with van der Waals surface area (Å²) in [7, 11) is 0. The minimum absolute atomic E-state index is 0.165. The number of benzene rings is 1. The summed E-state index contributed by atoms with van der Waals surface area (Å²) in [5.41, 5.74) is 0.666. The first kappa shape index (κ1) is 11.6. The molecule has 0 aliphatic carbocycles. The maximum absolute atomic E-state index is 12.4. The fourth-order valence-electron chi connectivity index (χ4n) is 1.93. The van der Waals surface area contributed by atoms with Crippen molar-refractivity contribution in [3.05, 3.63) is 28.8 Å². The van der Waals surface area contributed by atoms with Gasteiger partial charge < -0.3 is 4.74 Å². The molecular weight excluding hydrogens is 236 g/mol. The lowest BCUT2D eigenvalue weighted by molar-refractivity contribution is 0.186. The number of hydrogen-bond acceptors (Lipinski definition) is 2. The van der Waals surface area contributed by atoms with Gasteiger partial charge in [-0.15, -0.1) is 0 Å². The van der Waals surface area contributed by atoms with Gasteiger partial charge in [0, 0.05) is 18.2 Å². The van der Waals surface area contributed by atoms with Crippen molar-refractivity contribution in [1.29, 1.82) is 0 Å². The second-order valence-electron chi connectivity index (χ2n) is 3.98. The van der Waals surface area contributed by atoms with Crippen LogP contribution < -0.4 is 5.34 Å². The standard InChI is InChI=1S/C11H12ClF2NO/c12-10-4-9(3-8-1-2-16-7-8)5-11(6-10)15(13)14/h4-6,8H,1-3,7H2. The number of hydrogen-bond donors (Lipinski definition) is 0. The van der Waals surface area contributed by atoms with Crippen LogP contribution in [0.4, 0.5) is 14.6 Å². The zero-order valence-corrected chi connectivity index (χ0v) is 9.38. The van der Waals surface area contributed by atoms with Crippen LogP contribution in [0.2, 0.25) is 5.02 Å². The molecule has 16 heavy (non-hydrogen) atoms. The smallest absolute Gasteiger partial charge is 0.107 e.